The zero-order valence-electron chi connectivity index (χ0n) is 17.0. The lowest BCUT2D eigenvalue weighted by Crippen LogP contribution is -2.51. The van der Waals surface area contributed by atoms with E-state index >= 15 is 0 Å². The summed E-state index contributed by atoms with van der Waals surface area (Å²) >= 11 is 0. The normalized spacial score (nSPS) is 11.7. The Balaban J connectivity index is 1.65. The van der Waals surface area contributed by atoms with Crippen molar-refractivity contribution in [3.63, 3.8) is 0 Å². The van der Waals surface area contributed by atoms with E-state index < -0.39 is 16.4 Å². The SMILES string of the molecule is [B]C([B])([B])C([B])([B])Oc1ccc(-c2cncc(C(=O)NCCc3ccccc3F)n2)cn1. The zero-order chi connectivity index (χ0) is 23.4. The molecule has 0 saturated carbocycles. The molecule has 0 unspecified atom stereocenters. The van der Waals surface area contributed by atoms with E-state index in [9.17, 15) is 9.18 Å². The molecule has 12 heteroatoms. The molecule has 0 saturated heterocycles. The van der Waals surface area contributed by atoms with E-state index in [1.165, 1.54) is 30.7 Å². The minimum atomic E-state index is -2.07. The number of ether oxygens (including phenoxy) is 1. The molecule has 2 aromatic heterocycles. The molecule has 0 bridgehead atoms. The van der Waals surface area contributed by atoms with Crippen molar-refractivity contribution in [2.75, 3.05) is 6.54 Å². The fourth-order valence-electron chi connectivity index (χ4n) is 2.57. The van der Waals surface area contributed by atoms with Crippen LogP contribution in [0.3, 0.4) is 0 Å². The Morgan fingerprint density at radius 2 is 1.78 bits per heavy atom. The van der Waals surface area contributed by atoms with Gasteiger partial charge in [-0.15, -0.1) is 5.11 Å². The molecule has 1 amide bonds. The summed E-state index contributed by atoms with van der Waals surface area (Å²) in [6.07, 6.45) is 4.55. The maximum Gasteiger partial charge on any atom is 0.271 e. The summed E-state index contributed by atoms with van der Waals surface area (Å²) < 4.78 is 18.9. The average molecular weight is 415 g/mol. The van der Waals surface area contributed by atoms with Gasteiger partial charge in [0.05, 0.1) is 41.6 Å². The average Bonchev–Trinajstić information content (AvgIpc) is 2.74. The van der Waals surface area contributed by atoms with Crippen molar-refractivity contribution in [2.45, 2.75) is 16.9 Å². The third kappa shape index (κ3) is 5.81. The van der Waals surface area contributed by atoms with Crippen molar-refractivity contribution < 1.29 is 13.9 Å². The number of nitrogens with zero attached hydrogens (tertiary/aromatic N) is 3. The van der Waals surface area contributed by atoms with E-state index in [0.717, 1.165) is 0 Å². The second-order valence-electron chi connectivity index (χ2n) is 7.10. The third-order valence-electron chi connectivity index (χ3n) is 4.49. The Labute approximate surface area is 192 Å². The molecule has 3 rings (SSSR count). The highest BCUT2D eigenvalue weighted by molar-refractivity contribution is 6.66. The van der Waals surface area contributed by atoms with Crippen LogP contribution in [-0.2, 0) is 6.42 Å². The smallest absolute Gasteiger partial charge is 0.271 e. The lowest BCUT2D eigenvalue weighted by Gasteiger charge is -2.41. The Morgan fingerprint density at radius 3 is 2.44 bits per heavy atom. The number of amides is 1. The zero-order valence-corrected chi connectivity index (χ0v) is 17.0. The van der Waals surface area contributed by atoms with Crippen molar-refractivity contribution in [1.82, 2.24) is 20.3 Å². The van der Waals surface area contributed by atoms with Crippen LogP contribution in [-0.4, -0.2) is 72.0 Å². The van der Waals surface area contributed by atoms with Gasteiger partial charge in [-0.2, -0.15) is 0 Å². The first-order valence-corrected chi connectivity index (χ1v) is 9.50. The molecule has 10 radical (unpaired) electrons. The molecule has 1 N–H and O–H groups in total. The topological polar surface area (TPSA) is 77.0 Å². The van der Waals surface area contributed by atoms with Crippen molar-refractivity contribution in [3.8, 4) is 17.1 Å². The quantitative estimate of drug-likeness (QED) is 0.546. The van der Waals surface area contributed by atoms with Crippen molar-refractivity contribution in [1.29, 1.82) is 0 Å². The van der Waals surface area contributed by atoms with Gasteiger partial charge in [0.1, 0.15) is 27.2 Å². The molecule has 1 aromatic carbocycles. The van der Waals surface area contributed by atoms with Crippen molar-refractivity contribution in [2.24, 2.45) is 0 Å². The monoisotopic (exact) mass is 416 g/mol. The molecule has 0 spiro atoms. The van der Waals surface area contributed by atoms with Gasteiger partial charge in [-0.3, -0.25) is 9.78 Å². The second kappa shape index (κ2) is 9.63. The van der Waals surface area contributed by atoms with E-state index in [0.29, 0.717) is 23.2 Å². The molecule has 148 valence electrons. The number of hydrogen-bond acceptors (Lipinski definition) is 5. The van der Waals surface area contributed by atoms with Crippen molar-refractivity contribution in [3.05, 3.63) is 72.1 Å². The summed E-state index contributed by atoms with van der Waals surface area (Å²) in [4.78, 5) is 24.8. The Bertz CT molecular complexity index is 1090. The fourth-order valence-corrected chi connectivity index (χ4v) is 2.57. The number of aromatic nitrogens is 3. The van der Waals surface area contributed by atoms with Gasteiger partial charge in [0, 0.05) is 29.8 Å². The predicted molar refractivity (Wildman–Crippen MR) is 123 cm³/mol. The second-order valence-corrected chi connectivity index (χ2v) is 7.10. The van der Waals surface area contributed by atoms with E-state index in [1.807, 2.05) is 0 Å². The van der Waals surface area contributed by atoms with Gasteiger partial charge in [-0.05, 0) is 24.1 Å². The van der Waals surface area contributed by atoms with Gasteiger partial charge in [0.15, 0.2) is 0 Å². The first-order chi connectivity index (χ1) is 15.1. The molecular weight excluding hydrogens is 401 g/mol. The third-order valence-corrected chi connectivity index (χ3v) is 4.49. The molecule has 0 aliphatic rings. The van der Waals surface area contributed by atoms with Crippen LogP contribution < -0.4 is 10.1 Å². The van der Waals surface area contributed by atoms with Gasteiger partial charge >= 0.3 is 0 Å². The largest absolute Gasteiger partial charge is 0.493 e. The van der Waals surface area contributed by atoms with Gasteiger partial charge in [0.25, 0.3) is 5.91 Å². The van der Waals surface area contributed by atoms with Crippen LogP contribution in [0.5, 0.6) is 5.88 Å². The Morgan fingerprint density at radius 1 is 1.03 bits per heavy atom. The first-order valence-electron chi connectivity index (χ1n) is 9.50. The minimum Gasteiger partial charge on any atom is -0.493 e. The Kier molecular flexibility index (Phi) is 7.11. The highest BCUT2D eigenvalue weighted by Crippen LogP contribution is 2.28. The molecule has 2 heterocycles. The van der Waals surface area contributed by atoms with E-state index in [2.05, 4.69) is 20.3 Å². The fraction of sp³-hybridized carbons (Fsp3) is 0.200. The number of benzene rings is 1. The van der Waals surface area contributed by atoms with Crippen LogP contribution >= 0.6 is 0 Å². The van der Waals surface area contributed by atoms with Crippen LogP contribution in [0, 0.1) is 5.82 Å². The summed E-state index contributed by atoms with van der Waals surface area (Å²) in [6.45, 7) is 0.240. The van der Waals surface area contributed by atoms with Crippen LogP contribution in [0.25, 0.3) is 11.3 Å². The number of nitrogens with one attached hydrogen (secondary N) is 1. The predicted octanol–water partition coefficient (Wildman–Crippen LogP) is 0.599. The van der Waals surface area contributed by atoms with E-state index in [-0.39, 0.29) is 23.9 Å². The molecule has 3 aromatic rings. The number of pyridine rings is 1. The van der Waals surface area contributed by atoms with Gasteiger partial charge < -0.3 is 10.1 Å². The Hall–Kier alpha value is -3.03. The summed E-state index contributed by atoms with van der Waals surface area (Å²) in [5, 5.41) is -1.38. The van der Waals surface area contributed by atoms with Crippen LogP contribution in [0.1, 0.15) is 16.1 Å². The lowest BCUT2D eigenvalue weighted by molar-refractivity contribution is 0.0948. The number of hydrogen-bond donors (Lipinski definition) is 1. The number of rotatable bonds is 8. The van der Waals surface area contributed by atoms with E-state index in [4.69, 9.17) is 44.0 Å². The van der Waals surface area contributed by atoms with Crippen LogP contribution in [0.2, 0.25) is 5.11 Å². The van der Waals surface area contributed by atoms with Gasteiger partial charge in [0.2, 0.25) is 5.88 Å². The molecule has 32 heavy (non-hydrogen) atoms. The van der Waals surface area contributed by atoms with Gasteiger partial charge in [-0.25, -0.2) is 14.4 Å². The highest BCUT2D eigenvalue weighted by Gasteiger charge is 2.32. The van der Waals surface area contributed by atoms with Crippen LogP contribution in [0.15, 0.2) is 55.0 Å². The molecule has 6 nitrogen and oxygen atoms in total. The number of halogens is 1. The van der Waals surface area contributed by atoms with Crippen LogP contribution in [0.4, 0.5) is 4.39 Å². The molecule has 0 fully saturated rings. The summed E-state index contributed by atoms with van der Waals surface area (Å²) in [7, 11) is 27.8. The summed E-state index contributed by atoms with van der Waals surface area (Å²) in [5.41, 5.74) is 1.54. The van der Waals surface area contributed by atoms with E-state index in [1.54, 1.807) is 24.3 Å². The highest BCUT2D eigenvalue weighted by atomic mass is 19.1. The molecule has 0 aliphatic heterocycles. The maximum absolute atomic E-state index is 13.7. The first kappa shape index (κ1) is 23.6. The summed E-state index contributed by atoms with van der Waals surface area (Å²) in [6, 6.07) is 9.44. The number of carbonyl (C=O) groups excluding carboxylic acids is 1. The minimum absolute atomic E-state index is 0.0273. The number of carbonyl (C=O) groups is 1. The standard InChI is InChI=1S/C20H14B5FN4O2/c21-19(22,23)20(24,25)32-17-6-5-13(9-29-17)15-10-27-11-16(30-15)18(31)28-8-7-12-3-1-2-4-14(12)26/h1-6,9-11H,7-8H2,(H,28,31). The van der Waals surface area contributed by atoms with Gasteiger partial charge in [-0.1, -0.05) is 18.2 Å². The summed E-state index contributed by atoms with van der Waals surface area (Å²) in [5.74, 6) is -0.732. The van der Waals surface area contributed by atoms with Crippen molar-refractivity contribution >= 4 is 45.1 Å². The molecule has 0 atom stereocenters. The lowest BCUT2D eigenvalue weighted by atomic mass is 9.28. The molecular formula is C20H14B5FN4O2. The maximum atomic E-state index is 13.7. The molecule has 0 aliphatic carbocycles.